The van der Waals surface area contributed by atoms with E-state index in [2.05, 4.69) is 5.32 Å². The summed E-state index contributed by atoms with van der Waals surface area (Å²) in [5.41, 5.74) is 1.37. The van der Waals surface area contributed by atoms with Gasteiger partial charge < -0.3 is 19.7 Å². The predicted octanol–water partition coefficient (Wildman–Crippen LogP) is 4.23. The van der Waals surface area contributed by atoms with Crippen molar-refractivity contribution in [2.75, 3.05) is 20.2 Å². The van der Waals surface area contributed by atoms with Crippen LogP contribution >= 0.6 is 11.6 Å². The molecule has 1 unspecified atom stereocenters. The monoisotopic (exact) mass is 430 g/mol. The molecule has 2 aromatic rings. The van der Waals surface area contributed by atoms with Crippen LogP contribution in [0.5, 0.6) is 11.5 Å². The maximum absolute atomic E-state index is 13.0. The summed E-state index contributed by atoms with van der Waals surface area (Å²) in [4.78, 5) is 26.4. The largest absolute Gasteiger partial charge is 0.497 e. The normalized spacial score (nSPS) is 15.4. The zero-order valence-electron chi connectivity index (χ0n) is 17.5. The lowest BCUT2D eigenvalue weighted by molar-refractivity contribution is -0.130. The van der Waals surface area contributed by atoms with Crippen molar-refractivity contribution in [3.63, 3.8) is 0 Å². The highest BCUT2D eigenvalue weighted by Gasteiger charge is 2.24. The average Bonchev–Trinajstić information content (AvgIpc) is 2.74. The molecule has 7 heteroatoms. The van der Waals surface area contributed by atoms with Gasteiger partial charge >= 0.3 is 0 Å². The number of carbonyl (C=O) groups excluding carboxylic acids is 2. The Bertz CT molecular complexity index is 893. The second-order valence-electron chi connectivity index (χ2n) is 7.43. The molecular formula is C23H27ClN2O4. The number of nitrogens with zero attached hydrogens (tertiary/aromatic N) is 1. The fourth-order valence-electron chi connectivity index (χ4n) is 3.49. The zero-order valence-corrected chi connectivity index (χ0v) is 18.2. The summed E-state index contributed by atoms with van der Waals surface area (Å²) in [7, 11) is 1.56. The lowest BCUT2D eigenvalue weighted by atomic mass is 10.1. The van der Waals surface area contributed by atoms with Crippen LogP contribution in [0, 0.1) is 0 Å². The highest BCUT2D eigenvalue weighted by Crippen LogP contribution is 2.28. The number of likely N-dealkylation sites (tertiary alicyclic amines) is 1. The molecule has 0 saturated carbocycles. The molecule has 0 spiro atoms. The summed E-state index contributed by atoms with van der Waals surface area (Å²) in [6.45, 7) is 4.81. The van der Waals surface area contributed by atoms with Crippen LogP contribution in [-0.4, -0.2) is 43.0 Å². The van der Waals surface area contributed by atoms with E-state index in [1.54, 1.807) is 44.4 Å². The lowest BCUT2D eigenvalue weighted by Gasteiger charge is -2.32. The van der Waals surface area contributed by atoms with Gasteiger partial charge in [0.25, 0.3) is 5.91 Å². The molecule has 2 aromatic carbocycles. The first kappa shape index (κ1) is 22.0. The van der Waals surface area contributed by atoms with E-state index in [1.807, 2.05) is 24.0 Å². The van der Waals surface area contributed by atoms with Crippen LogP contribution in [0.1, 0.15) is 48.7 Å². The van der Waals surface area contributed by atoms with Gasteiger partial charge in [0.05, 0.1) is 18.7 Å². The van der Waals surface area contributed by atoms with Crippen molar-refractivity contribution in [2.45, 2.75) is 38.8 Å². The molecule has 6 nitrogen and oxygen atoms in total. The maximum atomic E-state index is 13.0. The molecule has 1 aliphatic heterocycles. The summed E-state index contributed by atoms with van der Waals surface area (Å²) in [5.74, 6) is 0.928. The molecule has 3 rings (SSSR count). The molecule has 1 atom stereocenters. The van der Waals surface area contributed by atoms with Crippen LogP contribution < -0.4 is 14.8 Å². The van der Waals surface area contributed by atoms with Crippen molar-refractivity contribution in [3.8, 4) is 11.5 Å². The Morgan fingerprint density at radius 2 is 1.80 bits per heavy atom. The maximum Gasteiger partial charge on any atom is 0.255 e. The van der Waals surface area contributed by atoms with E-state index in [9.17, 15) is 9.59 Å². The molecule has 160 valence electrons. The smallest absolute Gasteiger partial charge is 0.255 e. The molecule has 0 radical (unpaired) electrons. The van der Waals surface area contributed by atoms with E-state index in [4.69, 9.17) is 21.1 Å². The SMILES string of the molecule is COc1ccc(OC2CCN(C(C)=O)CC2)c(C(=O)NC(C)c2ccc(Cl)cc2)c1. The summed E-state index contributed by atoms with van der Waals surface area (Å²) in [5, 5.41) is 3.66. The Kier molecular flexibility index (Phi) is 7.21. The highest BCUT2D eigenvalue weighted by atomic mass is 35.5. The van der Waals surface area contributed by atoms with E-state index in [-0.39, 0.29) is 24.0 Å². The van der Waals surface area contributed by atoms with Crippen LogP contribution in [0.25, 0.3) is 0 Å². The van der Waals surface area contributed by atoms with Crippen molar-refractivity contribution in [1.29, 1.82) is 0 Å². The summed E-state index contributed by atoms with van der Waals surface area (Å²) < 4.78 is 11.5. The second kappa shape index (κ2) is 9.85. The van der Waals surface area contributed by atoms with Crippen LogP contribution in [0.15, 0.2) is 42.5 Å². The third kappa shape index (κ3) is 5.45. The molecule has 1 saturated heterocycles. The third-order valence-corrected chi connectivity index (χ3v) is 5.58. The molecule has 0 aliphatic carbocycles. The molecule has 1 fully saturated rings. The van der Waals surface area contributed by atoms with Gasteiger partial charge in [-0.15, -0.1) is 0 Å². The van der Waals surface area contributed by atoms with Gasteiger partial charge in [0, 0.05) is 37.9 Å². The Labute approximate surface area is 182 Å². The number of ether oxygens (including phenoxy) is 2. The van der Waals surface area contributed by atoms with Crippen molar-refractivity contribution < 1.29 is 19.1 Å². The van der Waals surface area contributed by atoms with Crippen LogP contribution in [-0.2, 0) is 4.79 Å². The fourth-order valence-corrected chi connectivity index (χ4v) is 3.62. The predicted molar refractivity (Wildman–Crippen MR) is 116 cm³/mol. The molecule has 30 heavy (non-hydrogen) atoms. The van der Waals surface area contributed by atoms with E-state index >= 15 is 0 Å². The van der Waals surface area contributed by atoms with Crippen molar-refractivity contribution in [1.82, 2.24) is 10.2 Å². The second-order valence-corrected chi connectivity index (χ2v) is 7.87. The Morgan fingerprint density at radius 1 is 1.13 bits per heavy atom. The van der Waals surface area contributed by atoms with Crippen LogP contribution in [0.2, 0.25) is 5.02 Å². The first-order valence-electron chi connectivity index (χ1n) is 10.0. The summed E-state index contributed by atoms with van der Waals surface area (Å²) in [6, 6.07) is 12.4. The molecule has 1 heterocycles. The number of hydrogen-bond donors (Lipinski definition) is 1. The van der Waals surface area contributed by atoms with Crippen molar-refractivity contribution in [2.24, 2.45) is 0 Å². The molecule has 0 bridgehead atoms. The zero-order chi connectivity index (χ0) is 21.7. The first-order valence-corrected chi connectivity index (χ1v) is 10.4. The number of nitrogens with one attached hydrogen (secondary N) is 1. The van der Waals surface area contributed by atoms with Gasteiger partial charge in [-0.3, -0.25) is 9.59 Å². The minimum atomic E-state index is -0.243. The molecule has 2 amide bonds. The van der Waals surface area contributed by atoms with E-state index in [0.717, 1.165) is 18.4 Å². The Morgan fingerprint density at radius 3 is 2.40 bits per heavy atom. The quantitative estimate of drug-likeness (QED) is 0.744. The van der Waals surface area contributed by atoms with Crippen LogP contribution in [0.3, 0.4) is 0 Å². The Hall–Kier alpha value is -2.73. The first-order chi connectivity index (χ1) is 14.4. The number of rotatable bonds is 6. The third-order valence-electron chi connectivity index (χ3n) is 5.33. The average molecular weight is 431 g/mol. The minimum Gasteiger partial charge on any atom is -0.497 e. The topological polar surface area (TPSA) is 67.9 Å². The number of piperidine rings is 1. The summed E-state index contributed by atoms with van der Waals surface area (Å²) >= 11 is 5.95. The van der Waals surface area contributed by atoms with Gasteiger partial charge in [-0.05, 0) is 42.8 Å². The number of amides is 2. The Balaban J connectivity index is 1.73. The molecular weight excluding hydrogens is 404 g/mol. The molecule has 1 N–H and O–H groups in total. The van der Waals surface area contributed by atoms with Crippen LogP contribution in [0.4, 0.5) is 0 Å². The van der Waals surface area contributed by atoms with E-state index in [1.165, 1.54) is 0 Å². The van der Waals surface area contributed by atoms with Gasteiger partial charge in [-0.2, -0.15) is 0 Å². The highest BCUT2D eigenvalue weighted by molar-refractivity contribution is 6.30. The van der Waals surface area contributed by atoms with Gasteiger partial charge in [0.15, 0.2) is 0 Å². The van der Waals surface area contributed by atoms with E-state index < -0.39 is 0 Å². The minimum absolute atomic E-state index is 0.0470. The standard InChI is InChI=1S/C23H27ClN2O4/c1-15(17-4-6-18(24)7-5-17)25-23(28)21-14-20(29-3)8-9-22(21)30-19-10-12-26(13-11-19)16(2)27/h4-9,14-15,19H,10-13H2,1-3H3,(H,25,28). The van der Waals surface area contributed by atoms with Gasteiger partial charge in [0.2, 0.25) is 5.91 Å². The number of benzene rings is 2. The van der Waals surface area contributed by atoms with Crippen molar-refractivity contribution >= 4 is 23.4 Å². The van der Waals surface area contributed by atoms with Crippen molar-refractivity contribution in [3.05, 3.63) is 58.6 Å². The molecule has 0 aromatic heterocycles. The van der Waals surface area contributed by atoms with Gasteiger partial charge in [-0.25, -0.2) is 0 Å². The summed E-state index contributed by atoms with van der Waals surface area (Å²) in [6.07, 6.45) is 1.41. The number of methoxy groups -OCH3 is 1. The van der Waals surface area contributed by atoms with Gasteiger partial charge in [-0.1, -0.05) is 23.7 Å². The van der Waals surface area contributed by atoms with E-state index in [0.29, 0.717) is 35.2 Å². The lowest BCUT2D eigenvalue weighted by Crippen LogP contribution is -2.40. The number of hydrogen-bond acceptors (Lipinski definition) is 4. The number of carbonyl (C=O) groups is 2. The molecule has 1 aliphatic rings. The fraction of sp³-hybridized carbons (Fsp3) is 0.391. The van der Waals surface area contributed by atoms with Gasteiger partial charge in [0.1, 0.15) is 17.6 Å². The number of halogens is 1.